The van der Waals surface area contributed by atoms with Crippen LogP contribution >= 0.6 is 11.3 Å². The predicted molar refractivity (Wildman–Crippen MR) is 127 cm³/mol. The van der Waals surface area contributed by atoms with E-state index in [9.17, 15) is 4.79 Å². The van der Waals surface area contributed by atoms with Crippen LogP contribution in [-0.2, 0) is 11.3 Å². The lowest BCUT2D eigenvalue weighted by molar-refractivity contribution is 0.0342. The molecule has 0 unspecified atom stereocenters. The lowest BCUT2D eigenvalue weighted by Gasteiger charge is -2.26. The molecule has 1 aliphatic rings. The molecule has 2 aromatic carbocycles. The molecule has 3 heterocycles. The summed E-state index contributed by atoms with van der Waals surface area (Å²) in [6.45, 7) is 4.38. The van der Waals surface area contributed by atoms with Crippen molar-refractivity contribution in [2.45, 2.75) is 6.54 Å². The fourth-order valence-corrected chi connectivity index (χ4v) is 4.48. The summed E-state index contributed by atoms with van der Waals surface area (Å²) in [4.78, 5) is 16.5. The molecule has 1 fully saturated rings. The molecule has 0 radical (unpaired) electrons. The number of rotatable bonds is 6. The smallest absolute Gasteiger partial charge is 0.259 e. The minimum absolute atomic E-state index is 0.170. The number of aromatic nitrogens is 2. The van der Waals surface area contributed by atoms with E-state index in [0.717, 1.165) is 49.1 Å². The lowest BCUT2D eigenvalue weighted by Crippen LogP contribution is -2.35. The van der Waals surface area contributed by atoms with E-state index in [-0.39, 0.29) is 5.91 Å². The van der Waals surface area contributed by atoms with Gasteiger partial charge in [0.25, 0.3) is 5.91 Å². The van der Waals surface area contributed by atoms with E-state index in [2.05, 4.69) is 22.3 Å². The number of benzene rings is 2. The van der Waals surface area contributed by atoms with E-state index in [4.69, 9.17) is 9.84 Å². The van der Waals surface area contributed by atoms with Gasteiger partial charge in [0, 0.05) is 31.5 Å². The molecule has 162 valence electrons. The molecular formula is C25H24N4O2S. The topological polar surface area (TPSA) is 59.4 Å². The van der Waals surface area contributed by atoms with Crippen molar-refractivity contribution in [3.05, 3.63) is 89.4 Å². The number of hydrogen-bond donors (Lipinski definition) is 1. The van der Waals surface area contributed by atoms with E-state index in [1.54, 1.807) is 22.2 Å². The number of thiophene rings is 1. The maximum Gasteiger partial charge on any atom is 0.259 e. The first-order valence-corrected chi connectivity index (χ1v) is 11.5. The molecule has 1 amide bonds. The van der Waals surface area contributed by atoms with Gasteiger partial charge in [-0.2, -0.15) is 5.10 Å². The average molecular weight is 445 g/mol. The lowest BCUT2D eigenvalue weighted by atomic mass is 10.1. The van der Waals surface area contributed by atoms with Crippen LogP contribution in [0.5, 0.6) is 0 Å². The SMILES string of the molecule is O=C(Nc1ccc(CN2CCOCC2)cc1)c1cn(-c2ccccc2)nc1-c1cccs1. The Kier molecular flexibility index (Phi) is 6.11. The van der Waals surface area contributed by atoms with Gasteiger partial charge in [-0.3, -0.25) is 9.69 Å². The Labute approximate surface area is 191 Å². The number of hydrogen-bond acceptors (Lipinski definition) is 5. The van der Waals surface area contributed by atoms with Crippen molar-refractivity contribution < 1.29 is 9.53 Å². The Bertz CT molecular complexity index is 1160. The van der Waals surface area contributed by atoms with Crippen LogP contribution in [0.1, 0.15) is 15.9 Å². The van der Waals surface area contributed by atoms with Crippen molar-refractivity contribution in [1.82, 2.24) is 14.7 Å². The van der Waals surface area contributed by atoms with E-state index in [1.807, 2.05) is 60.0 Å². The van der Waals surface area contributed by atoms with Crippen molar-refractivity contribution >= 4 is 22.9 Å². The number of para-hydroxylation sites is 1. The normalized spacial score (nSPS) is 14.4. The largest absolute Gasteiger partial charge is 0.379 e. The quantitative estimate of drug-likeness (QED) is 0.469. The zero-order valence-corrected chi connectivity index (χ0v) is 18.4. The van der Waals surface area contributed by atoms with Gasteiger partial charge in [0.05, 0.1) is 29.3 Å². The third-order valence-electron chi connectivity index (χ3n) is 5.46. The summed E-state index contributed by atoms with van der Waals surface area (Å²) in [6, 6.07) is 21.8. The molecule has 32 heavy (non-hydrogen) atoms. The highest BCUT2D eigenvalue weighted by Crippen LogP contribution is 2.28. The Morgan fingerprint density at radius 3 is 2.50 bits per heavy atom. The summed E-state index contributed by atoms with van der Waals surface area (Å²) in [6.07, 6.45) is 1.80. The molecule has 7 heteroatoms. The number of amides is 1. The minimum atomic E-state index is -0.170. The van der Waals surface area contributed by atoms with Gasteiger partial charge >= 0.3 is 0 Å². The Morgan fingerprint density at radius 1 is 1.00 bits per heavy atom. The number of nitrogens with zero attached hydrogens (tertiary/aromatic N) is 3. The summed E-state index contributed by atoms with van der Waals surface area (Å²) < 4.78 is 7.17. The molecule has 5 rings (SSSR count). The fraction of sp³-hybridized carbons (Fsp3) is 0.200. The van der Waals surface area contributed by atoms with Crippen molar-refractivity contribution in [3.8, 4) is 16.3 Å². The molecule has 0 aliphatic carbocycles. The van der Waals surface area contributed by atoms with Gasteiger partial charge in [0.15, 0.2) is 0 Å². The summed E-state index contributed by atoms with van der Waals surface area (Å²) in [5.41, 5.74) is 4.14. The molecule has 4 aromatic rings. The highest BCUT2D eigenvalue weighted by Gasteiger charge is 2.19. The number of ether oxygens (including phenoxy) is 1. The predicted octanol–water partition coefficient (Wildman–Crippen LogP) is 4.69. The van der Waals surface area contributed by atoms with Crippen LogP contribution in [0.25, 0.3) is 16.3 Å². The fourth-order valence-electron chi connectivity index (χ4n) is 3.76. The second-order valence-electron chi connectivity index (χ2n) is 7.69. The maximum atomic E-state index is 13.2. The molecule has 0 spiro atoms. The molecule has 1 N–H and O–H groups in total. The van der Waals surface area contributed by atoms with Gasteiger partial charge in [-0.05, 0) is 41.3 Å². The van der Waals surface area contributed by atoms with Gasteiger partial charge in [0.1, 0.15) is 5.69 Å². The second-order valence-corrected chi connectivity index (χ2v) is 8.64. The third-order valence-corrected chi connectivity index (χ3v) is 6.33. The van der Waals surface area contributed by atoms with Crippen LogP contribution in [0.4, 0.5) is 5.69 Å². The number of carbonyl (C=O) groups excluding carboxylic acids is 1. The number of carbonyl (C=O) groups is 1. The average Bonchev–Trinajstić information content (AvgIpc) is 3.52. The molecule has 1 aliphatic heterocycles. The monoisotopic (exact) mass is 444 g/mol. The summed E-state index contributed by atoms with van der Waals surface area (Å²) in [7, 11) is 0. The molecule has 0 bridgehead atoms. The maximum absolute atomic E-state index is 13.2. The first-order valence-electron chi connectivity index (χ1n) is 10.7. The summed E-state index contributed by atoms with van der Waals surface area (Å²) in [5.74, 6) is -0.170. The van der Waals surface area contributed by atoms with Crippen molar-refractivity contribution in [2.24, 2.45) is 0 Å². The Balaban J connectivity index is 1.35. The van der Waals surface area contributed by atoms with Crippen molar-refractivity contribution in [2.75, 3.05) is 31.6 Å². The standard InChI is InChI=1S/C25H24N4O2S/c30-25(26-20-10-8-19(9-11-20)17-28-12-14-31-15-13-28)22-18-29(21-5-2-1-3-6-21)27-24(22)23-7-4-16-32-23/h1-11,16,18H,12-15,17H2,(H,26,30). The van der Waals surface area contributed by atoms with Gasteiger partial charge in [-0.25, -0.2) is 4.68 Å². The first kappa shape index (κ1) is 20.6. The molecule has 0 atom stereocenters. The molecular weight excluding hydrogens is 420 g/mol. The van der Waals surface area contributed by atoms with Crippen LogP contribution in [0, 0.1) is 0 Å². The van der Waals surface area contributed by atoms with Crippen molar-refractivity contribution in [1.29, 1.82) is 0 Å². The number of morpholine rings is 1. The van der Waals surface area contributed by atoms with Gasteiger partial charge in [-0.15, -0.1) is 11.3 Å². The Hall–Kier alpha value is -3.26. The zero-order chi connectivity index (χ0) is 21.8. The molecule has 1 saturated heterocycles. The highest BCUT2D eigenvalue weighted by atomic mass is 32.1. The van der Waals surface area contributed by atoms with Gasteiger partial charge < -0.3 is 10.1 Å². The van der Waals surface area contributed by atoms with Gasteiger partial charge in [-0.1, -0.05) is 36.4 Å². The van der Waals surface area contributed by atoms with E-state index < -0.39 is 0 Å². The third kappa shape index (κ3) is 4.65. The van der Waals surface area contributed by atoms with Crippen LogP contribution in [0.2, 0.25) is 0 Å². The van der Waals surface area contributed by atoms with Crippen molar-refractivity contribution in [3.63, 3.8) is 0 Å². The second kappa shape index (κ2) is 9.48. The van der Waals surface area contributed by atoms with E-state index >= 15 is 0 Å². The van der Waals surface area contributed by atoms with Crippen LogP contribution in [0.15, 0.2) is 78.3 Å². The Morgan fingerprint density at radius 2 is 1.78 bits per heavy atom. The number of nitrogens with one attached hydrogen (secondary N) is 1. The zero-order valence-electron chi connectivity index (χ0n) is 17.6. The molecule has 0 saturated carbocycles. The summed E-state index contributed by atoms with van der Waals surface area (Å²) >= 11 is 1.57. The molecule has 2 aromatic heterocycles. The van der Waals surface area contributed by atoms with Crippen LogP contribution in [-0.4, -0.2) is 46.9 Å². The molecule has 6 nitrogen and oxygen atoms in total. The minimum Gasteiger partial charge on any atom is -0.379 e. The van der Waals surface area contributed by atoms with Crippen LogP contribution in [0.3, 0.4) is 0 Å². The number of anilines is 1. The first-order chi connectivity index (χ1) is 15.8. The highest BCUT2D eigenvalue weighted by molar-refractivity contribution is 7.13. The van der Waals surface area contributed by atoms with E-state index in [0.29, 0.717) is 11.3 Å². The van der Waals surface area contributed by atoms with Gasteiger partial charge in [0.2, 0.25) is 0 Å². The van der Waals surface area contributed by atoms with Crippen LogP contribution < -0.4 is 5.32 Å². The van der Waals surface area contributed by atoms with E-state index in [1.165, 1.54) is 5.56 Å². The summed E-state index contributed by atoms with van der Waals surface area (Å²) in [5, 5.41) is 9.74.